The number of halogens is 3. The SMILES string of the molecule is CCCN(CC(F)(F)F)S(=O)(=O)CCCNC(C)C. The minimum absolute atomic E-state index is 0.0978. The fourth-order valence-corrected chi connectivity index (χ4v) is 3.11. The van der Waals surface area contributed by atoms with E-state index in [1.54, 1.807) is 6.92 Å². The highest BCUT2D eigenvalue weighted by atomic mass is 32.2. The first kappa shape index (κ1) is 18.7. The second-order valence-corrected chi connectivity index (χ2v) is 6.82. The molecule has 0 bridgehead atoms. The van der Waals surface area contributed by atoms with Gasteiger partial charge in [0.2, 0.25) is 10.0 Å². The maximum atomic E-state index is 12.3. The Morgan fingerprint density at radius 2 is 1.84 bits per heavy atom. The molecular weight excluding hydrogens is 281 g/mol. The molecule has 0 unspecified atom stereocenters. The summed E-state index contributed by atoms with van der Waals surface area (Å²) >= 11 is 0. The predicted octanol–water partition coefficient (Wildman–Crippen LogP) is 1.98. The molecule has 0 aliphatic heterocycles. The van der Waals surface area contributed by atoms with Crippen molar-refractivity contribution in [3.05, 3.63) is 0 Å². The molecule has 0 atom stereocenters. The fraction of sp³-hybridized carbons (Fsp3) is 1.00. The van der Waals surface area contributed by atoms with E-state index in [-0.39, 0.29) is 18.3 Å². The lowest BCUT2D eigenvalue weighted by atomic mass is 10.4. The molecule has 0 amide bonds. The molecule has 4 nitrogen and oxygen atoms in total. The van der Waals surface area contributed by atoms with Gasteiger partial charge in [0, 0.05) is 12.6 Å². The summed E-state index contributed by atoms with van der Waals surface area (Å²) in [6, 6.07) is 0.227. The Bertz CT molecular complexity index is 342. The summed E-state index contributed by atoms with van der Waals surface area (Å²) in [6.07, 6.45) is -3.84. The van der Waals surface area contributed by atoms with Gasteiger partial charge in [-0.3, -0.25) is 0 Å². The monoisotopic (exact) mass is 304 g/mol. The second kappa shape index (κ2) is 8.06. The third-order valence-electron chi connectivity index (χ3n) is 2.35. The molecule has 0 rings (SSSR count). The van der Waals surface area contributed by atoms with Gasteiger partial charge in [0.25, 0.3) is 0 Å². The molecule has 19 heavy (non-hydrogen) atoms. The van der Waals surface area contributed by atoms with Gasteiger partial charge in [0.1, 0.15) is 6.54 Å². The van der Waals surface area contributed by atoms with Crippen molar-refractivity contribution in [3.63, 3.8) is 0 Å². The summed E-state index contributed by atoms with van der Waals surface area (Å²) in [5, 5.41) is 3.03. The zero-order valence-corrected chi connectivity index (χ0v) is 12.4. The molecule has 0 aliphatic rings. The van der Waals surface area contributed by atoms with E-state index >= 15 is 0 Å². The van der Waals surface area contributed by atoms with Crippen molar-refractivity contribution in [2.45, 2.75) is 45.8 Å². The standard InChI is InChI=1S/C11H23F3N2O2S/c1-4-7-16(9-11(12,13)14)19(17,18)8-5-6-15-10(2)3/h10,15H,4-9H2,1-3H3. The van der Waals surface area contributed by atoms with Crippen molar-refractivity contribution in [2.24, 2.45) is 0 Å². The molecular formula is C11H23F3N2O2S. The molecule has 116 valence electrons. The van der Waals surface area contributed by atoms with E-state index in [0.29, 0.717) is 23.7 Å². The van der Waals surface area contributed by atoms with Crippen LogP contribution in [-0.2, 0) is 10.0 Å². The van der Waals surface area contributed by atoms with Crippen molar-refractivity contribution in [2.75, 3.05) is 25.4 Å². The summed E-state index contributed by atoms with van der Waals surface area (Å²) < 4.78 is 61.2. The predicted molar refractivity (Wildman–Crippen MR) is 69.5 cm³/mol. The molecule has 8 heteroatoms. The molecule has 0 aromatic heterocycles. The van der Waals surface area contributed by atoms with Crippen molar-refractivity contribution in [1.29, 1.82) is 0 Å². The Morgan fingerprint density at radius 3 is 2.26 bits per heavy atom. The van der Waals surface area contributed by atoms with Crippen LogP contribution in [0.4, 0.5) is 13.2 Å². The number of sulfonamides is 1. The fourth-order valence-electron chi connectivity index (χ4n) is 1.54. The number of hydrogen-bond acceptors (Lipinski definition) is 3. The van der Waals surface area contributed by atoms with Gasteiger partial charge in [-0.1, -0.05) is 20.8 Å². The quantitative estimate of drug-likeness (QED) is 0.663. The van der Waals surface area contributed by atoms with Gasteiger partial charge in [0.05, 0.1) is 5.75 Å². The molecule has 0 fully saturated rings. The third-order valence-corrected chi connectivity index (χ3v) is 4.26. The van der Waals surface area contributed by atoms with Crippen LogP contribution < -0.4 is 5.32 Å². The van der Waals surface area contributed by atoms with E-state index in [1.165, 1.54) is 0 Å². The van der Waals surface area contributed by atoms with Crippen LogP contribution in [-0.4, -0.2) is 50.3 Å². The summed E-state index contributed by atoms with van der Waals surface area (Å²) in [5.74, 6) is -0.261. The number of nitrogens with one attached hydrogen (secondary N) is 1. The van der Waals surface area contributed by atoms with Gasteiger partial charge in [-0.25, -0.2) is 8.42 Å². The summed E-state index contributed by atoms with van der Waals surface area (Å²) in [5.41, 5.74) is 0. The summed E-state index contributed by atoms with van der Waals surface area (Å²) in [6.45, 7) is 4.46. The van der Waals surface area contributed by atoms with Gasteiger partial charge in [-0.05, 0) is 19.4 Å². The minimum Gasteiger partial charge on any atom is -0.314 e. The van der Waals surface area contributed by atoms with Gasteiger partial charge < -0.3 is 5.32 Å². The van der Waals surface area contributed by atoms with Crippen LogP contribution in [0.5, 0.6) is 0 Å². The summed E-state index contributed by atoms with van der Waals surface area (Å²) in [4.78, 5) is 0. The Kier molecular flexibility index (Phi) is 7.92. The first-order valence-corrected chi connectivity index (χ1v) is 7.97. The lowest BCUT2D eigenvalue weighted by molar-refractivity contribution is -0.136. The molecule has 0 aliphatic carbocycles. The largest absolute Gasteiger partial charge is 0.402 e. The molecule has 0 aromatic rings. The molecule has 0 heterocycles. The van der Waals surface area contributed by atoms with Crippen molar-refractivity contribution in [3.8, 4) is 0 Å². The van der Waals surface area contributed by atoms with Crippen molar-refractivity contribution < 1.29 is 21.6 Å². The Hall–Kier alpha value is -0.340. The maximum absolute atomic E-state index is 12.3. The summed E-state index contributed by atoms with van der Waals surface area (Å²) in [7, 11) is -3.84. The highest BCUT2D eigenvalue weighted by Crippen LogP contribution is 2.19. The highest BCUT2D eigenvalue weighted by molar-refractivity contribution is 7.89. The first-order chi connectivity index (χ1) is 8.58. The smallest absolute Gasteiger partial charge is 0.314 e. The van der Waals surface area contributed by atoms with Gasteiger partial charge in [-0.15, -0.1) is 0 Å². The van der Waals surface area contributed by atoms with Gasteiger partial charge >= 0.3 is 6.18 Å². The Labute approximate surface area is 113 Å². The number of nitrogens with zero attached hydrogens (tertiary/aromatic N) is 1. The second-order valence-electron chi connectivity index (χ2n) is 4.73. The van der Waals surface area contributed by atoms with Crippen LogP contribution in [0.2, 0.25) is 0 Å². The van der Waals surface area contributed by atoms with Crippen molar-refractivity contribution in [1.82, 2.24) is 9.62 Å². The van der Waals surface area contributed by atoms with E-state index in [9.17, 15) is 21.6 Å². The Morgan fingerprint density at radius 1 is 1.26 bits per heavy atom. The molecule has 0 aromatic carbocycles. The van der Waals surface area contributed by atoms with Gasteiger partial charge in [-0.2, -0.15) is 17.5 Å². The zero-order valence-electron chi connectivity index (χ0n) is 11.6. The number of rotatable bonds is 9. The normalized spacial score (nSPS) is 13.5. The molecule has 0 radical (unpaired) electrons. The lowest BCUT2D eigenvalue weighted by Gasteiger charge is -2.23. The van der Waals surface area contributed by atoms with Crippen molar-refractivity contribution >= 4 is 10.0 Å². The Balaban J connectivity index is 4.45. The van der Waals surface area contributed by atoms with Crippen LogP contribution in [0.25, 0.3) is 0 Å². The van der Waals surface area contributed by atoms with E-state index in [1.807, 2.05) is 13.8 Å². The number of hydrogen-bond donors (Lipinski definition) is 1. The first-order valence-electron chi connectivity index (χ1n) is 6.36. The van der Waals surface area contributed by atoms with E-state index in [0.717, 1.165) is 0 Å². The third kappa shape index (κ3) is 9.23. The topological polar surface area (TPSA) is 49.4 Å². The molecule has 0 spiro atoms. The zero-order chi connectivity index (χ0) is 15.1. The molecule has 0 saturated carbocycles. The average molecular weight is 304 g/mol. The van der Waals surface area contributed by atoms with Crippen LogP contribution >= 0.6 is 0 Å². The average Bonchev–Trinajstić information content (AvgIpc) is 2.22. The number of alkyl halides is 3. The van der Waals surface area contributed by atoms with Gasteiger partial charge in [0.15, 0.2) is 0 Å². The highest BCUT2D eigenvalue weighted by Gasteiger charge is 2.35. The van der Waals surface area contributed by atoms with Crippen LogP contribution in [0, 0.1) is 0 Å². The van der Waals surface area contributed by atoms with Crippen LogP contribution in [0.3, 0.4) is 0 Å². The minimum atomic E-state index is -4.50. The van der Waals surface area contributed by atoms with Crippen LogP contribution in [0.15, 0.2) is 0 Å². The maximum Gasteiger partial charge on any atom is 0.402 e. The van der Waals surface area contributed by atoms with E-state index in [4.69, 9.17) is 0 Å². The van der Waals surface area contributed by atoms with E-state index < -0.39 is 22.7 Å². The molecule has 1 N–H and O–H groups in total. The van der Waals surface area contributed by atoms with E-state index in [2.05, 4.69) is 5.32 Å². The molecule has 0 saturated heterocycles. The van der Waals surface area contributed by atoms with Crippen LogP contribution in [0.1, 0.15) is 33.6 Å². The lowest BCUT2D eigenvalue weighted by Crippen LogP contribution is -2.41.